The first-order chi connectivity index (χ1) is 8.25. The Balaban J connectivity index is -0.000000228. The van der Waals surface area contributed by atoms with Crippen LogP contribution in [0.15, 0.2) is 24.3 Å². The van der Waals surface area contributed by atoms with Gasteiger partial charge in [0.1, 0.15) is 0 Å². The number of hydrogen-bond acceptors (Lipinski definition) is 3. The van der Waals surface area contributed by atoms with Gasteiger partial charge in [0.15, 0.2) is 10.1 Å². The fourth-order valence-electron chi connectivity index (χ4n) is 0.874. The Labute approximate surface area is 125 Å². The van der Waals surface area contributed by atoms with E-state index in [0.29, 0.717) is 0 Å². The molecule has 0 aromatic heterocycles. The summed E-state index contributed by atoms with van der Waals surface area (Å²) in [4.78, 5) is 0. The van der Waals surface area contributed by atoms with Crippen LogP contribution in [0.4, 0.5) is 13.2 Å². The first kappa shape index (κ1) is 23.9. The summed E-state index contributed by atoms with van der Waals surface area (Å²) in [5.41, 5.74) is -5.65. The van der Waals surface area contributed by atoms with Gasteiger partial charge in [0.05, 0.1) is 0 Å². The molecular weight excluding hydrogens is 372 g/mol. The maximum atomic E-state index is 10.7. The fraction of sp³-hybridized carbons (Fsp3) is 0.636. The van der Waals surface area contributed by atoms with Crippen LogP contribution >= 0.6 is 0 Å². The van der Waals surface area contributed by atoms with Crippen LogP contribution in [0.5, 0.6) is 0 Å². The fourth-order valence-corrected chi connectivity index (χ4v) is 0.874. The molecule has 1 rings (SSSR count). The average Bonchev–Trinajstić information content (AvgIpc) is 2.17. The van der Waals surface area contributed by atoms with Crippen LogP contribution in [-0.4, -0.2) is 18.5 Å². The summed E-state index contributed by atoms with van der Waals surface area (Å²) in [6.07, 6.45) is 14.0. The molecule has 1 radical (unpaired) electrons. The topological polar surface area (TPSA) is 57.2 Å². The number of alkyl halides is 3. The van der Waals surface area contributed by atoms with E-state index in [1.165, 1.54) is 25.7 Å². The number of hydrogen-bond donors (Lipinski definition) is 0. The standard InChI is InChI=1S/C8H12.C2H6.CHF3O3S.Rh/c1-2-4-6-8-7-5-3-1;1-2;2-1(3,4)8(5,6)7;/h1-4H,5-8H2;1-2H3;(H,5,6,7);/p-1. The van der Waals surface area contributed by atoms with Gasteiger partial charge in [-0.15, -0.1) is 0 Å². The molecule has 0 aliphatic heterocycles. The van der Waals surface area contributed by atoms with Gasteiger partial charge in [-0.05, 0) is 25.7 Å². The van der Waals surface area contributed by atoms with Gasteiger partial charge < -0.3 is 4.55 Å². The quantitative estimate of drug-likeness (QED) is 0.360. The molecule has 0 heterocycles. The van der Waals surface area contributed by atoms with Crippen molar-refractivity contribution in [2.24, 2.45) is 0 Å². The second-order valence-corrected chi connectivity index (χ2v) is 4.41. The van der Waals surface area contributed by atoms with Gasteiger partial charge in [0.25, 0.3) is 0 Å². The van der Waals surface area contributed by atoms with E-state index in [1.807, 2.05) is 13.8 Å². The minimum absolute atomic E-state index is 0. The van der Waals surface area contributed by atoms with Gasteiger partial charge in [0.2, 0.25) is 0 Å². The summed E-state index contributed by atoms with van der Waals surface area (Å²) in [6, 6.07) is 0. The van der Waals surface area contributed by atoms with Crippen LogP contribution in [-0.2, 0) is 29.6 Å². The predicted molar refractivity (Wildman–Crippen MR) is 63.8 cm³/mol. The number of allylic oxidation sites excluding steroid dienone is 4. The van der Waals surface area contributed by atoms with Crippen LogP contribution < -0.4 is 0 Å². The Morgan fingerprint density at radius 2 is 1.26 bits per heavy atom. The SMILES string of the molecule is C1=CCCCCC=C1.CC.O=S(=O)([O-])C(F)(F)F.[Rh]. The minimum Gasteiger partial charge on any atom is -0.741 e. The van der Waals surface area contributed by atoms with E-state index < -0.39 is 15.6 Å². The van der Waals surface area contributed by atoms with E-state index in [0.717, 1.165) is 0 Å². The number of rotatable bonds is 0. The summed E-state index contributed by atoms with van der Waals surface area (Å²) < 4.78 is 58.9. The summed E-state index contributed by atoms with van der Waals surface area (Å²) in [5, 5.41) is 0. The minimum atomic E-state index is -6.09. The van der Waals surface area contributed by atoms with E-state index in [4.69, 9.17) is 13.0 Å². The third-order valence-electron chi connectivity index (χ3n) is 1.66. The molecule has 3 nitrogen and oxygen atoms in total. The molecule has 0 aromatic rings. The maximum absolute atomic E-state index is 10.7. The molecule has 0 N–H and O–H groups in total. The van der Waals surface area contributed by atoms with E-state index in [-0.39, 0.29) is 19.5 Å². The van der Waals surface area contributed by atoms with Crippen molar-refractivity contribution in [2.45, 2.75) is 45.0 Å². The maximum Gasteiger partial charge on any atom is 0.485 e. The molecule has 0 saturated heterocycles. The molecule has 0 saturated carbocycles. The zero-order valence-electron chi connectivity index (χ0n) is 10.7. The van der Waals surface area contributed by atoms with Crippen LogP contribution in [0.2, 0.25) is 0 Å². The third kappa shape index (κ3) is 15.7. The molecule has 0 aromatic carbocycles. The van der Waals surface area contributed by atoms with E-state index >= 15 is 0 Å². The largest absolute Gasteiger partial charge is 0.741 e. The van der Waals surface area contributed by atoms with Crippen molar-refractivity contribution in [2.75, 3.05) is 0 Å². The molecular formula is C11H18F3O3RhS-. The molecule has 8 heteroatoms. The van der Waals surface area contributed by atoms with Gasteiger partial charge in [0, 0.05) is 19.5 Å². The van der Waals surface area contributed by atoms with Crippen molar-refractivity contribution in [1.82, 2.24) is 0 Å². The smallest absolute Gasteiger partial charge is 0.485 e. The first-order valence-electron chi connectivity index (χ1n) is 5.59. The monoisotopic (exact) mass is 390 g/mol. The van der Waals surface area contributed by atoms with Crippen molar-refractivity contribution >= 4 is 10.1 Å². The van der Waals surface area contributed by atoms with Crippen molar-refractivity contribution in [3.8, 4) is 0 Å². The van der Waals surface area contributed by atoms with Gasteiger partial charge in [-0.3, -0.25) is 0 Å². The Morgan fingerprint density at radius 3 is 1.47 bits per heavy atom. The van der Waals surface area contributed by atoms with Gasteiger partial charge in [-0.25, -0.2) is 8.42 Å². The summed E-state index contributed by atoms with van der Waals surface area (Å²) in [5.74, 6) is 0. The zero-order chi connectivity index (χ0) is 14.7. The Bertz CT molecular complexity index is 335. The Kier molecular flexibility index (Phi) is 16.1. The van der Waals surface area contributed by atoms with Crippen LogP contribution in [0.25, 0.3) is 0 Å². The van der Waals surface area contributed by atoms with Crippen LogP contribution in [0.3, 0.4) is 0 Å². The third-order valence-corrected chi connectivity index (χ3v) is 2.23. The molecule has 0 spiro atoms. The van der Waals surface area contributed by atoms with E-state index in [1.54, 1.807) is 0 Å². The van der Waals surface area contributed by atoms with Crippen molar-refractivity contribution in [1.29, 1.82) is 0 Å². The molecule has 0 fully saturated rings. The van der Waals surface area contributed by atoms with Gasteiger partial charge in [-0.2, -0.15) is 13.2 Å². The molecule has 117 valence electrons. The predicted octanol–water partition coefficient (Wildman–Crippen LogP) is 3.75. The summed E-state index contributed by atoms with van der Waals surface area (Å²) >= 11 is 0. The van der Waals surface area contributed by atoms with Crippen molar-refractivity contribution in [3.05, 3.63) is 24.3 Å². The second-order valence-electron chi connectivity index (χ2n) is 3.04. The van der Waals surface area contributed by atoms with Gasteiger partial charge in [-0.1, -0.05) is 38.2 Å². The van der Waals surface area contributed by atoms with Gasteiger partial charge >= 0.3 is 5.51 Å². The second kappa shape index (κ2) is 12.8. The normalized spacial score (nSPS) is 14.6. The zero-order valence-corrected chi connectivity index (χ0v) is 13.2. The number of halogens is 3. The van der Waals surface area contributed by atoms with Crippen molar-refractivity contribution < 1.29 is 45.6 Å². The molecule has 1 aliphatic carbocycles. The Hall–Kier alpha value is -0.197. The molecule has 0 amide bonds. The Morgan fingerprint density at radius 1 is 1.00 bits per heavy atom. The van der Waals surface area contributed by atoms with Crippen LogP contribution in [0, 0.1) is 0 Å². The summed E-state index contributed by atoms with van der Waals surface area (Å²) in [6.45, 7) is 4.00. The van der Waals surface area contributed by atoms with E-state index in [9.17, 15) is 13.2 Å². The summed E-state index contributed by atoms with van der Waals surface area (Å²) in [7, 11) is -6.09. The van der Waals surface area contributed by atoms with Crippen LogP contribution in [0.1, 0.15) is 39.5 Å². The molecule has 0 unspecified atom stereocenters. The average molecular weight is 390 g/mol. The van der Waals surface area contributed by atoms with Crippen molar-refractivity contribution in [3.63, 3.8) is 0 Å². The first-order valence-corrected chi connectivity index (χ1v) is 7.00. The van der Waals surface area contributed by atoms with E-state index in [2.05, 4.69) is 24.3 Å². The molecule has 0 bridgehead atoms. The molecule has 0 atom stereocenters. The molecule has 1 aliphatic rings. The molecule has 19 heavy (non-hydrogen) atoms.